The predicted octanol–water partition coefficient (Wildman–Crippen LogP) is -0.786. The minimum atomic E-state index is -1.79. The highest BCUT2D eigenvalue weighted by molar-refractivity contribution is 6.27. The third-order valence-corrected chi connectivity index (χ3v) is 2.49. The number of carbonyl (C=O) groups is 5. The van der Waals surface area contributed by atoms with Gasteiger partial charge in [-0.2, -0.15) is 4.79 Å². The van der Waals surface area contributed by atoms with E-state index in [1.54, 1.807) is 0 Å². The summed E-state index contributed by atoms with van der Waals surface area (Å²) in [6, 6.07) is 0. The Bertz CT molecular complexity index is 595. The first kappa shape index (κ1) is 21.9. The second-order valence-corrected chi connectivity index (χ2v) is 4.70. The van der Waals surface area contributed by atoms with Crippen molar-refractivity contribution < 1.29 is 47.7 Å². The van der Waals surface area contributed by atoms with Crippen LogP contribution in [0.25, 0.3) is 5.53 Å². The van der Waals surface area contributed by atoms with Gasteiger partial charge in [-0.3, -0.25) is 24.0 Å². The summed E-state index contributed by atoms with van der Waals surface area (Å²) in [4.78, 5) is 59.4. The van der Waals surface area contributed by atoms with E-state index in [2.05, 4.69) is 4.79 Å². The highest BCUT2D eigenvalue weighted by Gasteiger charge is 2.42. The zero-order valence-electron chi connectivity index (χ0n) is 14.1. The van der Waals surface area contributed by atoms with Crippen molar-refractivity contribution in [2.24, 2.45) is 0 Å². The quantitative estimate of drug-likeness (QED) is 0.169. The van der Waals surface area contributed by atoms with Gasteiger partial charge in [0.2, 0.25) is 6.10 Å². The Morgan fingerprint density at radius 1 is 0.880 bits per heavy atom. The molecule has 0 aromatic carbocycles. The van der Waals surface area contributed by atoms with Crippen LogP contribution in [0.15, 0.2) is 0 Å². The van der Waals surface area contributed by atoms with E-state index in [1.807, 2.05) is 0 Å². The number of carbonyl (C=O) groups excluding carboxylic acids is 5. The van der Waals surface area contributed by atoms with Crippen molar-refractivity contribution in [3.63, 3.8) is 0 Å². The lowest BCUT2D eigenvalue weighted by Crippen LogP contribution is -2.51. The van der Waals surface area contributed by atoms with Crippen molar-refractivity contribution in [3.8, 4) is 0 Å². The van der Waals surface area contributed by atoms with Gasteiger partial charge < -0.3 is 24.5 Å². The molecular formula is C14H18N2O9. The van der Waals surface area contributed by atoms with Crippen LogP contribution < -0.4 is 0 Å². The van der Waals surface area contributed by atoms with E-state index in [9.17, 15) is 24.0 Å². The van der Waals surface area contributed by atoms with Crippen LogP contribution in [0, 0.1) is 0 Å². The molecule has 0 aliphatic rings. The second kappa shape index (κ2) is 10.7. The fourth-order valence-corrected chi connectivity index (χ4v) is 1.73. The van der Waals surface area contributed by atoms with Crippen molar-refractivity contribution in [1.82, 2.24) is 0 Å². The maximum atomic E-state index is 12.0. The van der Waals surface area contributed by atoms with E-state index in [0.717, 1.165) is 27.7 Å². The molecule has 138 valence electrons. The minimum absolute atomic E-state index is 0.417. The van der Waals surface area contributed by atoms with Gasteiger partial charge in [0.15, 0.2) is 12.2 Å². The molecule has 3 atom stereocenters. The van der Waals surface area contributed by atoms with Gasteiger partial charge in [-0.25, -0.2) is 0 Å². The van der Waals surface area contributed by atoms with E-state index in [0.29, 0.717) is 6.21 Å². The van der Waals surface area contributed by atoms with E-state index in [4.69, 9.17) is 24.5 Å². The van der Waals surface area contributed by atoms with E-state index in [1.165, 1.54) is 0 Å². The third kappa shape index (κ3) is 8.96. The Morgan fingerprint density at radius 2 is 1.40 bits per heavy atom. The number of esters is 4. The molecule has 0 aromatic rings. The third-order valence-electron chi connectivity index (χ3n) is 2.49. The van der Waals surface area contributed by atoms with Gasteiger partial charge in [-0.05, 0) is 0 Å². The normalized spacial score (nSPS) is 13.3. The van der Waals surface area contributed by atoms with Gasteiger partial charge in [0.05, 0.1) is 0 Å². The maximum absolute atomic E-state index is 12.0. The standard InChI is InChI=1S/C14H18N2O9/c1-7(17)22-6-12(23-8(2)18)14(25-10(4)20)13(24-9(3)19)11(21)5-16-15/h5,12-14H,6H2,1-4H3/t12-,13+,14-/m1/s1. The van der Waals surface area contributed by atoms with Crippen molar-refractivity contribution >= 4 is 35.9 Å². The minimum Gasteiger partial charge on any atom is -0.462 e. The molecule has 0 fully saturated rings. The largest absolute Gasteiger partial charge is 0.462 e. The summed E-state index contributed by atoms with van der Waals surface area (Å²) < 4.78 is 19.4. The fourth-order valence-electron chi connectivity index (χ4n) is 1.73. The molecule has 0 radical (unpaired) electrons. The number of ketones is 1. The predicted molar refractivity (Wildman–Crippen MR) is 78.0 cm³/mol. The number of ether oxygens (including phenoxy) is 4. The molecule has 0 rings (SSSR count). The van der Waals surface area contributed by atoms with Crippen molar-refractivity contribution in [1.29, 1.82) is 0 Å². The molecule has 11 heteroatoms. The summed E-state index contributed by atoms with van der Waals surface area (Å²) in [6.45, 7) is 3.52. The summed E-state index contributed by atoms with van der Waals surface area (Å²) in [5.74, 6) is -4.43. The lowest BCUT2D eigenvalue weighted by molar-refractivity contribution is -0.189. The van der Waals surface area contributed by atoms with Crippen LogP contribution in [0.5, 0.6) is 0 Å². The molecule has 0 bridgehead atoms. The molecule has 11 nitrogen and oxygen atoms in total. The first-order valence-electron chi connectivity index (χ1n) is 6.94. The molecule has 0 saturated heterocycles. The van der Waals surface area contributed by atoms with Crippen molar-refractivity contribution in [2.45, 2.75) is 46.0 Å². The van der Waals surface area contributed by atoms with Crippen molar-refractivity contribution in [3.05, 3.63) is 5.53 Å². The number of hydrogen-bond acceptors (Lipinski definition) is 9. The molecule has 0 saturated carbocycles. The number of hydrogen-bond donors (Lipinski definition) is 0. The molecule has 0 amide bonds. The number of nitrogens with zero attached hydrogens (tertiary/aromatic N) is 2. The van der Waals surface area contributed by atoms with Gasteiger partial charge in [-0.1, -0.05) is 0 Å². The summed E-state index contributed by atoms with van der Waals surface area (Å²) in [6.07, 6.45) is -4.47. The zero-order chi connectivity index (χ0) is 19.6. The molecule has 0 aromatic heterocycles. The first-order chi connectivity index (χ1) is 11.6. The summed E-state index contributed by atoms with van der Waals surface area (Å²) >= 11 is 0. The Kier molecular flexibility index (Phi) is 9.35. The lowest BCUT2D eigenvalue weighted by Gasteiger charge is -2.29. The summed E-state index contributed by atoms with van der Waals surface area (Å²) in [5, 5.41) is 0. The van der Waals surface area contributed by atoms with Crippen LogP contribution in [0.4, 0.5) is 0 Å². The first-order valence-corrected chi connectivity index (χ1v) is 6.94. The molecule has 0 aliphatic carbocycles. The van der Waals surface area contributed by atoms with Gasteiger partial charge >= 0.3 is 30.1 Å². The zero-order valence-corrected chi connectivity index (χ0v) is 14.1. The van der Waals surface area contributed by atoms with Crippen LogP contribution in [0.3, 0.4) is 0 Å². The molecule has 25 heavy (non-hydrogen) atoms. The highest BCUT2D eigenvalue weighted by atomic mass is 16.6. The van der Waals surface area contributed by atoms with E-state index >= 15 is 0 Å². The molecule has 0 spiro atoms. The average molecular weight is 358 g/mol. The van der Waals surface area contributed by atoms with Gasteiger partial charge in [0.1, 0.15) is 6.61 Å². The Morgan fingerprint density at radius 3 is 1.80 bits per heavy atom. The Hall–Kier alpha value is -3.07. The van der Waals surface area contributed by atoms with Crippen LogP contribution >= 0.6 is 0 Å². The second-order valence-electron chi connectivity index (χ2n) is 4.70. The maximum Gasteiger partial charge on any atom is 0.327 e. The van der Waals surface area contributed by atoms with Gasteiger partial charge in [-0.15, -0.1) is 0 Å². The number of Topliss-reactive ketones (excluding diaryl/α,β-unsaturated/α-hetero) is 1. The molecular weight excluding hydrogens is 340 g/mol. The van der Waals surface area contributed by atoms with Gasteiger partial charge in [0.25, 0.3) is 5.78 Å². The topological polar surface area (TPSA) is 159 Å². The highest BCUT2D eigenvalue weighted by Crippen LogP contribution is 2.15. The van der Waals surface area contributed by atoms with Crippen molar-refractivity contribution in [2.75, 3.05) is 6.61 Å². The van der Waals surface area contributed by atoms with Crippen LogP contribution in [-0.4, -0.2) is 65.6 Å². The fraction of sp³-hybridized carbons (Fsp3) is 0.571. The lowest BCUT2D eigenvalue weighted by atomic mass is 10.0. The monoisotopic (exact) mass is 358 g/mol. The smallest absolute Gasteiger partial charge is 0.327 e. The number of rotatable bonds is 9. The molecule has 0 heterocycles. The average Bonchev–Trinajstić information content (AvgIpc) is 2.46. The Labute approximate surface area is 142 Å². The molecule has 0 unspecified atom stereocenters. The Balaban J connectivity index is 5.85. The summed E-state index contributed by atoms with van der Waals surface area (Å²) in [5.41, 5.74) is 8.49. The van der Waals surface area contributed by atoms with Gasteiger partial charge in [0, 0.05) is 27.7 Å². The van der Waals surface area contributed by atoms with Crippen LogP contribution in [0.2, 0.25) is 0 Å². The van der Waals surface area contributed by atoms with E-state index in [-0.39, 0.29) is 0 Å². The molecule has 0 N–H and O–H groups in total. The SMILES string of the molecule is CC(=O)OC[C@@H](OC(C)=O)[C@@H](OC(C)=O)[C@@H](OC(C)=O)C(=O)C=[N+]=[N-]. The molecule has 0 aliphatic heterocycles. The van der Waals surface area contributed by atoms with E-state index < -0.39 is 54.6 Å². The summed E-state index contributed by atoms with van der Waals surface area (Å²) in [7, 11) is 0. The van der Waals surface area contributed by atoms with Crippen LogP contribution in [0.1, 0.15) is 27.7 Å². The van der Waals surface area contributed by atoms with Crippen LogP contribution in [-0.2, 0) is 42.9 Å².